The van der Waals surface area contributed by atoms with Gasteiger partial charge in [-0.05, 0) is 35.0 Å². The van der Waals surface area contributed by atoms with E-state index < -0.39 is 0 Å². The van der Waals surface area contributed by atoms with E-state index in [9.17, 15) is 4.39 Å². The van der Waals surface area contributed by atoms with Gasteiger partial charge < -0.3 is 10.1 Å². The lowest BCUT2D eigenvalue weighted by Crippen LogP contribution is -2.27. The molecule has 0 aromatic heterocycles. The monoisotopic (exact) mass is 287 g/mol. The minimum Gasteiger partial charge on any atom is -0.493 e. The minimum absolute atomic E-state index is 0.269. The van der Waals surface area contributed by atoms with Gasteiger partial charge in [0.15, 0.2) is 0 Å². The summed E-state index contributed by atoms with van der Waals surface area (Å²) in [4.78, 5) is 0. The summed E-state index contributed by atoms with van der Waals surface area (Å²) in [5.41, 5.74) is 1.05. The predicted octanol–water partition coefficient (Wildman–Crippen LogP) is 3.41. The molecule has 0 amide bonds. The lowest BCUT2D eigenvalue weighted by atomic mass is 10.0. The Kier molecular flexibility index (Phi) is 3.82. The highest BCUT2D eigenvalue weighted by molar-refractivity contribution is 9.10. The van der Waals surface area contributed by atoms with Gasteiger partial charge in [-0.15, -0.1) is 0 Å². The molecule has 1 heterocycles. The fourth-order valence-corrected chi connectivity index (χ4v) is 2.28. The van der Waals surface area contributed by atoms with E-state index in [0.29, 0.717) is 16.8 Å². The van der Waals surface area contributed by atoms with Crippen LogP contribution in [0.15, 0.2) is 16.6 Å². The fraction of sp³-hybridized carbons (Fsp3) is 0.500. The van der Waals surface area contributed by atoms with E-state index in [1.807, 2.05) is 6.07 Å². The first-order chi connectivity index (χ1) is 7.72. The number of rotatable bonds is 3. The average molecular weight is 288 g/mol. The van der Waals surface area contributed by atoms with Crippen LogP contribution in [0.3, 0.4) is 0 Å². The third-order valence-corrected chi connectivity index (χ3v) is 3.34. The van der Waals surface area contributed by atoms with Crippen LogP contribution in [0.5, 0.6) is 5.75 Å². The molecule has 0 bridgehead atoms. The van der Waals surface area contributed by atoms with Gasteiger partial charge in [0.1, 0.15) is 11.6 Å². The molecule has 0 saturated carbocycles. The van der Waals surface area contributed by atoms with Crippen LogP contribution in [0.25, 0.3) is 0 Å². The number of nitrogens with one attached hydrogen (secondary N) is 1. The second-order valence-electron chi connectivity index (χ2n) is 3.95. The molecule has 88 valence electrons. The van der Waals surface area contributed by atoms with Gasteiger partial charge in [0.05, 0.1) is 11.1 Å². The van der Waals surface area contributed by atoms with E-state index in [2.05, 4.69) is 28.2 Å². The number of ether oxygens (including phenoxy) is 1. The molecule has 4 heteroatoms. The molecule has 1 atom stereocenters. The maximum absolute atomic E-state index is 13.3. The molecular weight excluding hydrogens is 273 g/mol. The van der Waals surface area contributed by atoms with Crippen molar-refractivity contribution in [2.24, 2.45) is 0 Å². The minimum atomic E-state index is -0.269. The van der Waals surface area contributed by atoms with E-state index in [0.717, 1.165) is 24.9 Å². The van der Waals surface area contributed by atoms with Crippen LogP contribution in [0.2, 0.25) is 0 Å². The van der Waals surface area contributed by atoms with Crippen LogP contribution in [0.1, 0.15) is 31.4 Å². The van der Waals surface area contributed by atoms with Gasteiger partial charge in [0.25, 0.3) is 0 Å². The van der Waals surface area contributed by atoms with Crippen LogP contribution in [0.4, 0.5) is 4.39 Å². The molecule has 0 fully saturated rings. The number of benzene rings is 1. The molecule has 1 unspecified atom stereocenters. The van der Waals surface area contributed by atoms with E-state index in [-0.39, 0.29) is 11.9 Å². The van der Waals surface area contributed by atoms with Crippen molar-refractivity contribution >= 4 is 15.9 Å². The molecular formula is C12H15BrFNO. The van der Waals surface area contributed by atoms with Gasteiger partial charge in [-0.2, -0.15) is 0 Å². The van der Waals surface area contributed by atoms with Crippen molar-refractivity contribution in [1.82, 2.24) is 5.32 Å². The van der Waals surface area contributed by atoms with E-state index >= 15 is 0 Å². The maximum atomic E-state index is 13.3. The smallest absolute Gasteiger partial charge is 0.141 e. The maximum Gasteiger partial charge on any atom is 0.141 e. The molecule has 1 aliphatic rings. The Balaban J connectivity index is 2.27. The molecule has 1 aliphatic heterocycles. The Labute approximate surface area is 103 Å². The summed E-state index contributed by atoms with van der Waals surface area (Å²) < 4.78 is 19.3. The van der Waals surface area contributed by atoms with Crippen molar-refractivity contribution in [2.45, 2.75) is 25.8 Å². The summed E-state index contributed by atoms with van der Waals surface area (Å²) in [6.45, 7) is 3.75. The zero-order valence-corrected chi connectivity index (χ0v) is 10.8. The Morgan fingerprint density at radius 1 is 1.56 bits per heavy atom. The highest BCUT2D eigenvalue weighted by atomic mass is 79.9. The fourth-order valence-electron chi connectivity index (χ4n) is 1.91. The van der Waals surface area contributed by atoms with Crippen molar-refractivity contribution in [1.29, 1.82) is 0 Å². The Morgan fingerprint density at radius 3 is 3.12 bits per heavy atom. The predicted molar refractivity (Wildman–Crippen MR) is 65.2 cm³/mol. The van der Waals surface area contributed by atoms with E-state index in [1.54, 1.807) is 0 Å². The molecule has 0 saturated heterocycles. The van der Waals surface area contributed by atoms with Gasteiger partial charge >= 0.3 is 0 Å². The summed E-state index contributed by atoms with van der Waals surface area (Å²) in [6, 6.07) is 3.55. The molecule has 1 N–H and O–H groups in total. The molecule has 2 nitrogen and oxygen atoms in total. The first-order valence-corrected chi connectivity index (χ1v) is 6.36. The summed E-state index contributed by atoms with van der Waals surface area (Å²) in [6.07, 6.45) is 2.03. The first kappa shape index (κ1) is 11.9. The molecule has 16 heavy (non-hydrogen) atoms. The summed E-state index contributed by atoms with van der Waals surface area (Å²) in [5, 5.41) is 3.45. The topological polar surface area (TPSA) is 21.3 Å². The molecule has 1 aromatic carbocycles. The number of halogens is 2. The third kappa shape index (κ3) is 2.38. The zero-order chi connectivity index (χ0) is 11.5. The van der Waals surface area contributed by atoms with E-state index in [4.69, 9.17) is 4.74 Å². The van der Waals surface area contributed by atoms with Crippen LogP contribution in [0, 0.1) is 5.82 Å². The molecule has 1 aromatic rings. The van der Waals surface area contributed by atoms with Crippen molar-refractivity contribution in [2.75, 3.05) is 13.2 Å². The van der Waals surface area contributed by atoms with Crippen molar-refractivity contribution in [3.05, 3.63) is 28.0 Å². The van der Waals surface area contributed by atoms with Crippen molar-refractivity contribution in [3.8, 4) is 5.75 Å². The van der Waals surface area contributed by atoms with Crippen LogP contribution in [-0.4, -0.2) is 13.2 Å². The second kappa shape index (κ2) is 5.15. The van der Waals surface area contributed by atoms with Crippen LogP contribution >= 0.6 is 15.9 Å². The second-order valence-corrected chi connectivity index (χ2v) is 4.80. The highest BCUT2D eigenvalue weighted by Gasteiger charge is 2.22. The molecule has 2 rings (SSSR count). The Hall–Kier alpha value is -0.610. The molecule has 0 aliphatic carbocycles. The zero-order valence-electron chi connectivity index (χ0n) is 9.22. The SMILES string of the molecule is CCCNC1CCOc2cc(F)c(Br)cc21. The third-order valence-electron chi connectivity index (χ3n) is 2.73. The number of hydrogen-bond acceptors (Lipinski definition) is 2. The number of fused-ring (bicyclic) bond motifs is 1. The molecule has 0 spiro atoms. The van der Waals surface area contributed by atoms with Gasteiger partial charge in [-0.25, -0.2) is 4.39 Å². The highest BCUT2D eigenvalue weighted by Crippen LogP contribution is 2.35. The Bertz CT molecular complexity index is 384. The van der Waals surface area contributed by atoms with Gasteiger partial charge in [0.2, 0.25) is 0 Å². The van der Waals surface area contributed by atoms with Gasteiger partial charge in [-0.1, -0.05) is 6.92 Å². The Morgan fingerprint density at radius 2 is 2.38 bits per heavy atom. The lowest BCUT2D eigenvalue weighted by Gasteiger charge is -2.27. The summed E-state index contributed by atoms with van der Waals surface area (Å²) in [5.74, 6) is 0.399. The van der Waals surface area contributed by atoms with Crippen LogP contribution < -0.4 is 10.1 Å². The normalized spacial score (nSPS) is 19.1. The number of hydrogen-bond donors (Lipinski definition) is 1. The lowest BCUT2D eigenvalue weighted by molar-refractivity contribution is 0.251. The van der Waals surface area contributed by atoms with Crippen molar-refractivity contribution in [3.63, 3.8) is 0 Å². The van der Waals surface area contributed by atoms with Crippen LogP contribution in [-0.2, 0) is 0 Å². The summed E-state index contributed by atoms with van der Waals surface area (Å²) in [7, 11) is 0. The van der Waals surface area contributed by atoms with Crippen molar-refractivity contribution < 1.29 is 9.13 Å². The standard InChI is InChI=1S/C12H15BrFNO/c1-2-4-15-11-3-5-16-12-7-10(14)9(13)6-8(11)12/h6-7,11,15H,2-5H2,1H3. The average Bonchev–Trinajstić information content (AvgIpc) is 2.28. The summed E-state index contributed by atoms with van der Waals surface area (Å²) >= 11 is 3.21. The van der Waals surface area contributed by atoms with Gasteiger partial charge in [0, 0.05) is 24.1 Å². The largest absolute Gasteiger partial charge is 0.493 e. The quantitative estimate of drug-likeness (QED) is 0.920. The first-order valence-electron chi connectivity index (χ1n) is 5.57. The van der Waals surface area contributed by atoms with Gasteiger partial charge in [-0.3, -0.25) is 0 Å². The van der Waals surface area contributed by atoms with E-state index in [1.165, 1.54) is 6.07 Å². The molecule has 0 radical (unpaired) electrons.